The highest BCUT2D eigenvalue weighted by molar-refractivity contribution is 6.31. The highest BCUT2D eigenvalue weighted by Gasteiger charge is 2.52. The molecular weight excluding hydrogens is 428 g/mol. The predicted molar refractivity (Wildman–Crippen MR) is 104 cm³/mol. The minimum atomic E-state index is -2.12. The summed E-state index contributed by atoms with van der Waals surface area (Å²) in [4.78, 5) is 26.0. The number of phenols is 3. The van der Waals surface area contributed by atoms with Gasteiger partial charge in [0.05, 0.1) is 16.7 Å². The number of aliphatic hydroxyl groups excluding tert-OH is 4. The van der Waals surface area contributed by atoms with E-state index in [1.54, 1.807) is 0 Å². The van der Waals surface area contributed by atoms with Crippen LogP contribution in [0.3, 0.4) is 0 Å². The molecular formula is C21H20O11. The molecule has 2 aromatic carbocycles. The zero-order valence-electron chi connectivity index (χ0n) is 16.8. The number of ketones is 2. The Morgan fingerprint density at radius 2 is 1.50 bits per heavy atom. The van der Waals surface area contributed by atoms with Crippen LogP contribution in [0.5, 0.6) is 23.0 Å². The van der Waals surface area contributed by atoms with Crippen molar-refractivity contribution in [1.29, 1.82) is 0 Å². The Balaban J connectivity index is 1.80. The molecule has 1 aliphatic heterocycles. The Bertz CT molecular complexity index is 1160. The molecule has 11 heteroatoms. The number of carbonyl (C=O) groups excluding carboxylic acids is 2. The average Bonchev–Trinajstić information content (AvgIpc) is 2.71. The number of ether oxygens (including phenoxy) is 2. The lowest BCUT2D eigenvalue weighted by atomic mass is 9.81. The van der Waals surface area contributed by atoms with E-state index in [1.807, 2.05) is 0 Å². The van der Waals surface area contributed by atoms with E-state index in [-0.39, 0.29) is 16.9 Å². The fraction of sp³-hybridized carbons (Fsp3) is 0.333. The Kier molecular flexibility index (Phi) is 4.91. The Morgan fingerprint density at radius 3 is 2.16 bits per heavy atom. The molecule has 32 heavy (non-hydrogen) atoms. The first-order valence-corrected chi connectivity index (χ1v) is 9.48. The summed E-state index contributed by atoms with van der Waals surface area (Å²) in [6, 6.07) is 3.10. The van der Waals surface area contributed by atoms with Crippen LogP contribution in [0.15, 0.2) is 18.2 Å². The molecule has 0 radical (unpaired) electrons. The van der Waals surface area contributed by atoms with Crippen molar-refractivity contribution in [3.8, 4) is 23.0 Å². The quantitative estimate of drug-likeness (QED) is 0.248. The van der Waals surface area contributed by atoms with Crippen molar-refractivity contribution >= 4 is 11.6 Å². The number of hydrogen-bond donors (Lipinski definition) is 7. The minimum absolute atomic E-state index is 0.148. The zero-order chi connectivity index (χ0) is 23.7. The molecule has 170 valence electrons. The summed E-state index contributed by atoms with van der Waals surface area (Å²) in [5, 5.41) is 70.5. The van der Waals surface area contributed by atoms with Crippen molar-refractivity contribution in [2.24, 2.45) is 0 Å². The summed E-state index contributed by atoms with van der Waals surface area (Å²) in [7, 11) is 0. The van der Waals surface area contributed by atoms with Gasteiger partial charge in [-0.25, -0.2) is 0 Å². The van der Waals surface area contributed by atoms with E-state index in [4.69, 9.17) is 9.47 Å². The Labute approximate surface area is 180 Å². The average molecular weight is 448 g/mol. The predicted octanol–water partition coefficient (Wildman–Crippen LogP) is -0.586. The van der Waals surface area contributed by atoms with Crippen molar-refractivity contribution in [1.82, 2.24) is 0 Å². The number of aromatic hydroxyl groups is 3. The molecule has 5 unspecified atom stereocenters. The van der Waals surface area contributed by atoms with Crippen molar-refractivity contribution in [3.63, 3.8) is 0 Å². The topological polar surface area (TPSA) is 194 Å². The van der Waals surface area contributed by atoms with Crippen LogP contribution < -0.4 is 4.74 Å². The lowest BCUT2D eigenvalue weighted by Gasteiger charge is -2.44. The standard InChI is InChI=1S/C21H20O11/c1-6-3-9(22)12-13(14(6)24)15(25)8-4-7(5-10(23)11(8)16(12)26)31-21(2)19(29)17(27)18(28)20(30)32-21/h3-5,17-20,22-24,27-30H,1-2H3. The van der Waals surface area contributed by atoms with E-state index in [2.05, 4.69) is 0 Å². The van der Waals surface area contributed by atoms with Gasteiger partial charge in [-0.3, -0.25) is 9.59 Å². The van der Waals surface area contributed by atoms with E-state index >= 15 is 0 Å². The van der Waals surface area contributed by atoms with E-state index in [9.17, 15) is 45.3 Å². The molecule has 2 aromatic rings. The molecule has 5 atom stereocenters. The van der Waals surface area contributed by atoms with Gasteiger partial charge in [-0.05, 0) is 24.6 Å². The van der Waals surface area contributed by atoms with Gasteiger partial charge >= 0.3 is 0 Å². The van der Waals surface area contributed by atoms with Crippen molar-refractivity contribution in [2.45, 2.75) is 44.2 Å². The van der Waals surface area contributed by atoms with Gasteiger partial charge in [-0.15, -0.1) is 0 Å². The first-order chi connectivity index (χ1) is 14.9. The van der Waals surface area contributed by atoms with Crippen molar-refractivity contribution < 1.29 is 54.8 Å². The zero-order valence-corrected chi connectivity index (χ0v) is 16.8. The van der Waals surface area contributed by atoms with Gasteiger partial charge in [0, 0.05) is 18.6 Å². The van der Waals surface area contributed by atoms with E-state index in [0.29, 0.717) is 0 Å². The maximum atomic E-state index is 13.1. The lowest BCUT2D eigenvalue weighted by molar-refractivity contribution is -0.366. The maximum Gasteiger partial charge on any atom is 0.238 e. The van der Waals surface area contributed by atoms with Crippen LogP contribution in [0, 0.1) is 6.92 Å². The second kappa shape index (κ2) is 7.15. The first kappa shape index (κ1) is 22.0. The number of aliphatic hydroxyl groups is 4. The summed E-state index contributed by atoms with van der Waals surface area (Å²) >= 11 is 0. The van der Waals surface area contributed by atoms with E-state index < -0.39 is 75.9 Å². The summed E-state index contributed by atoms with van der Waals surface area (Å²) < 4.78 is 10.6. The number of fused-ring (bicyclic) bond motifs is 2. The largest absolute Gasteiger partial charge is 0.507 e. The molecule has 1 saturated heterocycles. The van der Waals surface area contributed by atoms with Gasteiger partial charge in [0.25, 0.3) is 0 Å². The Hall–Kier alpha value is -3.22. The van der Waals surface area contributed by atoms with Crippen LogP contribution in [-0.4, -0.2) is 77.7 Å². The lowest BCUT2D eigenvalue weighted by Crippen LogP contribution is -2.65. The maximum absolute atomic E-state index is 13.1. The van der Waals surface area contributed by atoms with Gasteiger partial charge in [0.2, 0.25) is 11.6 Å². The fourth-order valence-electron chi connectivity index (χ4n) is 3.94. The molecule has 2 aliphatic rings. The monoisotopic (exact) mass is 448 g/mol. The molecule has 7 N–H and O–H groups in total. The first-order valence-electron chi connectivity index (χ1n) is 9.48. The second-order valence-electron chi connectivity index (χ2n) is 7.89. The van der Waals surface area contributed by atoms with Crippen molar-refractivity contribution in [2.75, 3.05) is 0 Å². The highest BCUT2D eigenvalue weighted by Crippen LogP contribution is 2.44. The van der Waals surface area contributed by atoms with Gasteiger partial charge in [0.15, 0.2) is 12.1 Å². The van der Waals surface area contributed by atoms with Crippen LogP contribution in [0.2, 0.25) is 0 Å². The molecule has 0 spiro atoms. The molecule has 4 rings (SSSR count). The molecule has 0 amide bonds. The molecule has 1 fully saturated rings. The number of carbonyl (C=O) groups is 2. The third-order valence-corrected chi connectivity index (χ3v) is 5.66. The second-order valence-corrected chi connectivity index (χ2v) is 7.89. The summed E-state index contributed by atoms with van der Waals surface area (Å²) in [6.07, 6.45) is -7.41. The number of benzene rings is 2. The number of rotatable bonds is 2. The number of hydrogen-bond acceptors (Lipinski definition) is 11. The number of aryl methyl sites for hydroxylation is 1. The highest BCUT2D eigenvalue weighted by atomic mass is 16.8. The van der Waals surface area contributed by atoms with Crippen molar-refractivity contribution in [3.05, 3.63) is 46.0 Å². The normalized spacial score (nSPS) is 29.4. The molecule has 0 bridgehead atoms. The summed E-state index contributed by atoms with van der Waals surface area (Å²) in [5.41, 5.74) is -1.53. The van der Waals surface area contributed by atoms with Crippen LogP contribution >= 0.6 is 0 Å². The molecule has 11 nitrogen and oxygen atoms in total. The van der Waals surface area contributed by atoms with Crippen LogP contribution in [0.25, 0.3) is 0 Å². The van der Waals surface area contributed by atoms with E-state index in [1.165, 1.54) is 6.92 Å². The van der Waals surface area contributed by atoms with E-state index in [0.717, 1.165) is 25.1 Å². The smallest absolute Gasteiger partial charge is 0.238 e. The molecule has 1 heterocycles. The van der Waals surface area contributed by atoms with Gasteiger partial charge < -0.3 is 45.2 Å². The minimum Gasteiger partial charge on any atom is -0.507 e. The Morgan fingerprint density at radius 1 is 0.875 bits per heavy atom. The number of phenolic OH excluding ortho intramolecular Hbond substituents is 3. The van der Waals surface area contributed by atoms with Crippen LogP contribution in [-0.2, 0) is 4.74 Å². The fourth-order valence-corrected chi connectivity index (χ4v) is 3.94. The molecule has 0 saturated carbocycles. The molecule has 0 aromatic heterocycles. The third-order valence-electron chi connectivity index (χ3n) is 5.66. The SMILES string of the molecule is Cc1cc(O)c2c(c1O)C(=O)c1cc(OC3(C)OC(O)C(O)C(O)C3O)cc(O)c1C2=O. The third kappa shape index (κ3) is 3.02. The summed E-state index contributed by atoms with van der Waals surface area (Å²) in [6.45, 7) is 2.56. The van der Waals surface area contributed by atoms with Gasteiger partial charge in [-0.1, -0.05) is 0 Å². The van der Waals surface area contributed by atoms with Crippen LogP contribution in [0.4, 0.5) is 0 Å². The molecule has 1 aliphatic carbocycles. The summed E-state index contributed by atoms with van der Waals surface area (Å²) in [5.74, 6) is -5.93. The van der Waals surface area contributed by atoms with Crippen LogP contribution in [0.1, 0.15) is 44.3 Å². The van der Waals surface area contributed by atoms with Gasteiger partial charge in [-0.2, -0.15) is 0 Å². The van der Waals surface area contributed by atoms with Gasteiger partial charge in [0.1, 0.15) is 41.3 Å².